The van der Waals surface area contributed by atoms with Gasteiger partial charge in [-0.2, -0.15) is 0 Å². The van der Waals surface area contributed by atoms with Crippen molar-refractivity contribution >= 4 is 25.7 Å². The van der Waals surface area contributed by atoms with E-state index in [1.807, 2.05) is 0 Å². The minimum Gasteiger partial charge on any atom is -0.490 e. The second-order valence-electron chi connectivity index (χ2n) is 8.48. The maximum absolute atomic E-state index is 14.4. The molecule has 7 nitrogen and oxygen atoms in total. The van der Waals surface area contributed by atoms with Crippen molar-refractivity contribution in [2.75, 3.05) is 30.2 Å². The molecular weight excluding hydrogens is 474 g/mol. The number of ether oxygens (including phenoxy) is 1. The first-order chi connectivity index (χ1) is 15.4. The molecule has 33 heavy (non-hydrogen) atoms. The highest BCUT2D eigenvalue weighted by Gasteiger charge is 2.29. The number of hydrogen-bond donors (Lipinski definition) is 0. The van der Waals surface area contributed by atoms with Gasteiger partial charge in [0.05, 0.1) is 16.8 Å². The van der Waals surface area contributed by atoms with Crippen molar-refractivity contribution in [1.82, 2.24) is 4.31 Å². The van der Waals surface area contributed by atoms with Crippen molar-refractivity contribution in [3.8, 4) is 5.75 Å². The molecule has 0 N–H and O–H groups in total. The fourth-order valence-corrected chi connectivity index (χ4v) is 6.14. The van der Waals surface area contributed by atoms with Gasteiger partial charge in [-0.05, 0) is 55.2 Å². The summed E-state index contributed by atoms with van der Waals surface area (Å²) in [6.45, 7) is 4.35. The van der Waals surface area contributed by atoms with E-state index in [4.69, 9.17) is 4.74 Å². The average molecular weight is 503 g/mol. The summed E-state index contributed by atoms with van der Waals surface area (Å²) in [6, 6.07) is 8.59. The monoisotopic (exact) mass is 502 g/mol. The van der Waals surface area contributed by atoms with Crippen LogP contribution in [-0.4, -0.2) is 53.1 Å². The fourth-order valence-electron chi connectivity index (χ4n) is 3.63. The summed E-state index contributed by atoms with van der Waals surface area (Å²) in [5.41, 5.74) is -0.219. The number of hydrogen-bond acceptors (Lipinski definition) is 5. The molecule has 0 amide bonds. The van der Waals surface area contributed by atoms with Crippen LogP contribution < -0.4 is 9.04 Å². The Bertz CT molecular complexity index is 1180. The maximum Gasteiger partial charge on any atom is 0.264 e. The molecule has 0 bridgehead atoms. The fraction of sp³-hybridized carbons (Fsp3) is 0.455. The lowest BCUT2D eigenvalue weighted by Gasteiger charge is -2.30. The molecule has 2 aromatic carbocycles. The molecule has 0 radical (unpaired) electrons. The zero-order valence-corrected chi connectivity index (χ0v) is 20.4. The number of piperidine rings is 1. The van der Waals surface area contributed by atoms with Crippen molar-refractivity contribution in [2.24, 2.45) is 5.92 Å². The zero-order chi connectivity index (χ0) is 24.4. The molecule has 182 valence electrons. The lowest BCUT2D eigenvalue weighted by Crippen LogP contribution is -2.41. The maximum atomic E-state index is 14.4. The van der Waals surface area contributed by atoms with Crippen molar-refractivity contribution < 1.29 is 30.4 Å². The molecule has 1 heterocycles. The van der Waals surface area contributed by atoms with Crippen molar-refractivity contribution in [3.63, 3.8) is 0 Å². The van der Waals surface area contributed by atoms with Crippen molar-refractivity contribution in [3.05, 3.63) is 54.1 Å². The molecule has 1 fully saturated rings. The quantitative estimate of drug-likeness (QED) is 0.551. The van der Waals surface area contributed by atoms with Crippen LogP contribution in [0.4, 0.5) is 14.5 Å². The highest BCUT2D eigenvalue weighted by molar-refractivity contribution is 7.92. The lowest BCUT2D eigenvalue weighted by atomic mass is 10.1. The van der Waals surface area contributed by atoms with Crippen molar-refractivity contribution in [2.45, 2.75) is 37.7 Å². The molecule has 1 saturated heterocycles. The van der Waals surface area contributed by atoms with Gasteiger partial charge in [0.25, 0.3) is 10.0 Å². The summed E-state index contributed by atoms with van der Waals surface area (Å²) in [7, 11) is -7.35. The predicted octanol–water partition coefficient (Wildman–Crippen LogP) is 3.62. The molecule has 1 aliphatic rings. The molecule has 1 aliphatic heterocycles. The third kappa shape index (κ3) is 6.21. The van der Waals surface area contributed by atoms with Crippen LogP contribution in [0.25, 0.3) is 0 Å². The Morgan fingerprint density at radius 1 is 1.03 bits per heavy atom. The first-order valence-electron chi connectivity index (χ1n) is 10.6. The van der Waals surface area contributed by atoms with Crippen LogP contribution in [0.1, 0.15) is 26.7 Å². The second kappa shape index (κ2) is 9.94. The Kier molecular flexibility index (Phi) is 7.65. The van der Waals surface area contributed by atoms with Gasteiger partial charge in [0.2, 0.25) is 10.0 Å². The summed E-state index contributed by atoms with van der Waals surface area (Å²) >= 11 is 0. The van der Waals surface area contributed by atoms with Gasteiger partial charge in [0.15, 0.2) is 0 Å². The largest absolute Gasteiger partial charge is 0.490 e. The topological polar surface area (TPSA) is 84.0 Å². The van der Waals surface area contributed by atoms with Gasteiger partial charge < -0.3 is 4.74 Å². The van der Waals surface area contributed by atoms with Crippen LogP contribution in [0.2, 0.25) is 0 Å². The molecule has 3 rings (SSSR count). The van der Waals surface area contributed by atoms with Gasteiger partial charge in [0.1, 0.15) is 23.5 Å². The summed E-state index contributed by atoms with van der Waals surface area (Å²) < 4.78 is 85.9. The number of benzene rings is 2. The Morgan fingerprint density at radius 3 is 2.15 bits per heavy atom. The van der Waals surface area contributed by atoms with Crippen LogP contribution in [0.15, 0.2) is 47.4 Å². The standard InChI is InChI=1S/C22H28F2N2O5S2/c1-16(2)15-26(22-9-4-17(23)14-21(22)24)33(29,30)20-7-5-18(6-8-20)31-19-10-12-25(13-11-19)32(3,27)28/h4-9,14,16,19H,10-13,15H2,1-3H3. The molecule has 11 heteroatoms. The Balaban J connectivity index is 1.77. The lowest BCUT2D eigenvalue weighted by molar-refractivity contribution is 0.135. The molecule has 0 unspecified atom stereocenters. The summed E-state index contributed by atoms with van der Waals surface area (Å²) in [5.74, 6) is -1.40. The molecule has 0 saturated carbocycles. The number of sulfonamides is 2. The number of nitrogens with zero attached hydrogens (tertiary/aromatic N) is 2. The van der Waals surface area contributed by atoms with E-state index in [1.165, 1.54) is 34.8 Å². The molecular formula is C22H28F2N2O5S2. The van der Waals surface area contributed by atoms with E-state index in [9.17, 15) is 25.6 Å². The first-order valence-corrected chi connectivity index (χ1v) is 13.9. The van der Waals surface area contributed by atoms with E-state index in [2.05, 4.69) is 0 Å². The van der Waals surface area contributed by atoms with Crippen LogP contribution in [0.5, 0.6) is 5.75 Å². The minimum absolute atomic E-state index is 0.0159. The number of anilines is 1. The average Bonchev–Trinajstić information content (AvgIpc) is 2.72. The smallest absolute Gasteiger partial charge is 0.264 e. The van der Waals surface area contributed by atoms with Crippen LogP contribution in [-0.2, 0) is 20.0 Å². The Labute approximate surface area is 194 Å². The van der Waals surface area contributed by atoms with Crippen LogP contribution in [0.3, 0.4) is 0 Å². The van der Waals surface area contributed by atoms with Gasteiger partial charge in [-0.1, -0.05) is 13.8 Å². The zero-order valence-electron chi connectivity index (χ0n) is 18.7. The van der Waals surface area contributed by atoms with E-state index in [0.717, 1.165) is 16.4 Å². The highest BCUT2D eigenvalue weighted by Crippen LogP contribution is 2.29. The first kappa shape index (κ1) is 25.4. The normalized spacial score (nSPS) is 16.2. The molecule has 0 spiro atoms. The van der Waals surface area contributed by atoms with Gasteiger partial charge in [-0.25, -0.2) is 29.9 Å². The highest BCUT2D eigenvalue weighted by atomic mass is 32.2. The van der Waals surface area contributed by atoms with Gasteiger partial charge in [-0.15, -0.1) is 0 Å². The molecule has 0 atom stereocenters. The Morgan fingerprint density at radius 2 is 1.64 bits per heavy atom. The van der Waals surface area contributed by atoms with Gasteiger partial charge in [0, 0.05) is 25.7 Å². The number of halogens is 2. The summed E-state index contributed by atoms with van der Waals surface area (Å²) in [5, 5.41) is 0. The SMILES string of the molecule is CC(C)CN(c1ccc(F)cc1F)S(=O)(=O)c1ccc(OC2CCN(S(C)(=O)=O)CC2)cc1. The van der Waals surface area contributed by atoms with E-state index in [1.54, 1.807) is 13.8 Å². The summed E-state index contributed by atoms with van der Waals surface area (Å²) in [6.07, 6.45) is 2.04. The van der Waals surface area contributed by atoms with Crippen molar-refractivity contribution in [1.29, 1.82) is 0 Å². The van der Waals surface area contributed by atoms with E-state index in [0.29, 0.717) is 37.7 Å². The van der Waals surface area contributed by atoms with Gasteiger partial charge in [-0.3, -0.25) is 4.31 Å². The van der Waals surface area contributed by atoms with Crippen LogP contribution in [0, 0.1) is 17.6 Å². The van der Waals surface area contributed by atoms with Gasteiger partial charge >= 0.3 is 0 Å². The van der Waals surface area contributed by atoms with E-state index < -0.39 is 31.7 Å². The summed E-state index contributed by atoms with van der Waals surface area (Å²) in [4.78, 5) is -0.0499. The van der Waals surface area contributed by atoms with E-state index in [-0.39, 0.29) is 29.1 Å². The minimum atomic E-state index is -4.12. The predicted molar refractivity (Wildman–Crippen MR) is 122 cm³/mol. The van der Waals surface area contributed by atoms with E-state index >= 15 is 0 Å². The molecule has 2 aromatic rings. The second-order valence-corrected chi connectivity index (χ2v) is 12.3. The third-order valence-corrected chi connectivity index (χ3v) is 8.39. The van der Waals surface area contributed by atoms with Crippen LogP contribution >= 0.6 is 0 Å². The Hall–Kier alpha value is -2.24. The third-order valence-electron chi connectivity index (χ3n) is 5.29. The number of rotatable bonds is 8. The molecule has 0 aliphatic carbocycles. The molecule has 0 aromatic heterocycles.